The summed E-state index contributed by atoms with van der Waals surface area (Å²) in [6, 6.07) is 6.86. The van der Waals surface area contributed by atoms with Crippen molar-refractivity contribution in [1.29, 1.82) is 0 Å². The van der Waals surface area contributed by atoms with Crippen molar-refractivity contribution >= 4 is 22.7 Å². The van der Waals surface area contributed by atoms with Crippen molar-refractivity contribution in [2.75, 3.05) is 44.2 Å². The number of amides is 1. The van der Waals surface area contributed by atoms with E-state index in [1.807, 2.05) is 19.1 Å². The number of furan rings is 1. The van der Waals surface area contributed by atoms with Crippen LogP contribution in [0, 0.1) is 19.7 Å². The Labute approximate surface area is 185 Å². The Morgan fingerprint density at radius 1 is 1.19 bits per heavy atom. The van der Waals surface area contributed by atoms with Crippen LogP contribution in [-0.2, 0) is 11.3 Å². The van der Waals surface area contributed by atoms with Crippen molar-refractivity contribution < 1.29 is 13.6 Å². The third kappa shape index (κ3) is 4.67. The minimum absolute atomic E-state index is 0.0766. The zero-order valence-electron chi connectivity index (χ0n) is 18.4. The summed E-state index contributed by atoms with van der Waals surface area (Å²) in [7, 11) is 0. The van der Waals surface area contributed by atoms with Crippen LogP contribution in [0.5, 0.6) is 0 Å². The number of hydrogen-bond acceptors (Lipinski definition) is 6. The maximum atomic E-state index is 13.9. The molecule has 9 heteroatoms. The zero-order valence-corrected chi connectivity index (χ0v) is 18.4. The standard InChI is InChI=1S/C23H28FN5O3/c1-16-17(2)32-22-21(16)23(31)29(15-26-22)14-20(30)25-8-5-9-27-10-12-28(13-11-27)19-7-4-3-6-18(19)24/h3-4,6-7,15H,5,8-14H2,1-2H3,(H,25,30). The second-order valence-electron chi connectivity index (χ2n) is 8.12. The monoisotopic (exact) mass is 441 g/mol. The second kappa shape index (κ2) is 9.52. The molecule has 1 fully saturated rings. The van der Waals surface area contributed by atoms with Gasteiger partial charge < -0.3 is 14.6 Å². The molecule has 32 heavy (non-hydrogen) atoms. The molecule has 0 spiro atoms. The Bertz CT molecular complexity index is 1160. The largest absolute Gasteiger partial charge is 0.443 e. The number of aromatic nitrogens is 2. The van der Waals surface area contributed by atoms with E-state index in [1.54, 1.807) is 13.0 Å². The number of carbonyl (C=O) groups is 1. The van der Waals surface area contributed by atoms with Gasteiger partial charge in [0.1, 0.15) is 29.8 Å². The lowest BCUT2D eigenvalue weighted by Gasteiger charge is -2.36. The number of carbonyl (C=O) groups excluding carboxylic acids is 1. The van der Waals surface area contributed by atoms with E-state index < -0.39 is 0 Å². The highest BCUT2D eigenvalue weighted by molar-refractivity contribution is 5.79. The summed E-state index contributed by atoms with van der Waals surface area (Å²) >= 11 is 0. The Kier molecular flexibility index (Phi) is 6.55. The summed E-state index contributed by atoms with van der Waals surface area (Å²) in [4.78, 5) is 33.5. The summed E-state index contributed by atoms with van der Waals surface area (Å²) < 4.78 is 20.7. The maximum Gasteiger partial charge on any atom is 0.265 e. The van der Waals surface area contributed by atoms with Crippen molar-refractivity contribution in [3.8, 4) is 0 Å². The van der Waals surface area contributed by atoms with Gasteiger partial charge in [0.05, 0.1) is 5.69 Å². The van der Waals surface area contributed by atoms with E-state index in [0.717, 1.165) is 44.7 Å². The number of piperazine rings is 1. The molecule has 170 valence electrons. The van der Waals surface area contributed by atoms with Gasteiger partial charge in [-0.3, -0.25) is 19.1 Å². The lowest BCUT2D eigenvalue weighted by molar-refractivity contribution is -0.121. The first-order chi connectivity index (χ1) is 15.4. The molecule has 2 aromatic heterocycles. The Hall–Kier alpha value is -3.20. The van der Waals surface area contributed by atoms with E-state index in [1.165, 1.54) is 17.0 Å². The summed E-state index contributed by atoms with van der Waals surface area (Å²) in [5, 5.41) is 3.29. The molecular weight excluding hydrogens is 413 g/mol. The van der Waals surface area contributed by atoms with Gasteiger partial charge in [0.2, 0.25) is 11.6 Å². The van der Waals surface area contributed by atoms with E-state index in [0.29, 0.717) is 29.1 Å². The van der Waals surface area contributed by atoms with Gasteiger partial charge in [0, 0.05) is 38.3 Å². The summed E-state index contributed by atoms with van der Waals surface area (Å²) in [6.07, 6.45) is 2.15. The van der Waals surface area contributed by atoms with Crippen LogP contribution in [0.25, 0.3) is 11.1 Å². The number of hydrogen-bond donors (Lipinski definition) is 1. The minimum Gasteiger partial charge on any atom is -0.443 e. The fourth-order valence-electron chi connectivity index (χ4n) is 4.04. The number of rotatable bonds is 7. The fourth-order valence-corrected chi connectivity index (χ4v) is 4.04. The van der Waals surface area contributed by atoms with Gasteiger partial charge in [-0.25, -0.2) is 9.37 Å². The number of para-hydroxylation sites is 1. The van der Waals surface area contributed by atoms with Gasteiger partial charge in [-0.2, -0.15) is 0 Å². The lowest BCUT2D eigenvalue weighted by atomic mass is 10.2. The fraction of sp³-hybridized carbons (Fsp3) is 0.435. The second-order valence-corrected chi connectivity index (χ2v) is 8.12. The lowest BCUT2D eigenvalue weighted by Crippen LogP contribution is -2.47. The van der Waals surface area contributed by atoms with Crippen LogP contribution in [-0.4, -0.2) is 59.6 Å². The van der Waals surface area contributed by atoms with Crippen molar-refractivity contribution in [2.24, 2.45) is 0 Å². The normalized spacial score (nSPS) is 14.8. The number of benzene rings is 1. The molecule has 1 saturated heterocycles. The van der Waals surface area contributed by atoms with Crippen LogP contribution in [0.1, 0.15) is 17.7 Å². The Morgan fingerprint density at radius 3 is 2.69 bits per heavy atom. The van der Waals surface area contributed by atoms with Gasteiger partial charge in [0.15, 0.2) is 0 Å². The van der Waals surface area contributed by atoms with Crippen LogP contribution in [0.4, 0.5) is 10.1 Å². The van der Waals surface area contributed by atoms with Crippen molar-refractivity contribution in [3.05, 3.63) is 58.1 Å². The van der Waals surface area contributed by atoms with Gasteiger partial charge in [-0.15, -0.1) is 0 Å². The number of aryl methyl sites for hydroxylation is 2. The quantitative estimate of drug-likeness (QED) is 0.566. The number of nitrogens with one attached hydrogen (secondary N) is 1. The smallest absolute Gasteiger partial charge is 0.265 e. The molecule has 0 radical (unpaired) electrons. The first-order valence-electron chi connectivity index (χ1n) is 10.9. The van der Waals surface area contributed by atoms with E-state index >= 15 is 0 Å². The van der Waals surface area contributed by atoms with E-state index in [2.05, 4.69) is 20.1 Å². The average Bonchev–Trinajstić information content (AvgIpc) is 3.08. The number of fused-ring (bicyclic) bond motifs is 1. The van der Waals surface area contributed by atoms with Crippen LogP contribution < -0.4 is 15.8 Å². The molecule has 4 rings (SSSR count). The van der Waals surface area contributed by atoms with E-state index in [-0.39, 0.29) is 23.8 Å². The molecule has 8 nitrogen and oxygen atoms in total. The molecule has 0 atom stereocenters. The molecule has 0 saturated carbocycles. The first kappa shape index (κ1) is 22.0. The molecule has 0 unspecified atom stereocenters. The van der Waals surface area contributed by atoms with Crippen LogP contribution in [0.15, 0.2) is 39.8 Å². The summed E-state index contributed by atoms with van der Waals surface area (Å²) in [5.41, 5.74) is 1.44. The highest BCUT2D eigenvalue weighted by Gasteiger charge is 2.19. The number of halogens is 1. The minimum atomic E-state index is -0.271. The molecule has 1 amide bonds. The number of anilines is 1. The molecule has 0 bridgehead atoms. The van der Waals surface area contributed by atoms with Gasteiger partial charge in [-0.1, -0.05) is 12.1 Å². The van der Waals surface area contributed by atoms with Gasteiger partial charge in [-0.05, 0) is 38.9 Å². The molecule has 1 aromatic carbocycles. The molecular formula is C23H28FN5O3. The van der Waals surface area contributed by atoms with Crippen LogP contribution in [0.2, 0.25) is 0 Å². The SMILES string of the molecule is Cc1oc2ncn(CC(=O)NCCCN3CCN(c4ccccc4F)CC3)c(=O)c2c1C. The van der Waals surface area contributed by atoms with Gasteiger partial charge in [0.25, 0.3) is 5.56 Å². The van der Waals surface area contributed by atoms with Crippen LogP contribution >= 0.6 is 0 Å². The summed E-state index contributed by atoms with van der Waals surface area (Å²) in [5.74, 6) is 0.243. The Balaban J connectivity index is 1.20. The highest BCUT2D eigenvalue weighted by atomic mass is 19.1. The van der Waals surface area contributed by atoms with Crippen LogP contribution in [0.3, 0.4) is 0 Å². The molecule has 0 aliphatic carbocycles. The zero-order chi connectivity index (χ0) is 22.7. The highest BCUT2D eigenvalue weighted by Crippen LogP contribution is 2.20. The summed E-state index contributed by atoms with van der Waals surface area (Å²) in [6.45, 7) is 8.16. The first-order valence-corrected chi connectivity index (χ1v) is 10.9. The molecule has 1 aliphatic heterocycles. The molecule has 3 aromatic rings. The predicted octanol–water partition coefficient (Wildman–Crippen LogP) is 2.07. The topological polar surface area (TPSA) is 83.6 Å². The Morgan fingerprint density at radius 2 is 1.94 bits per heavy atom. The maximum absolute atomic E-state index is 13.9. The average molecular weight is 442 g/mol. The molecule has 3 heterocycles. The van der Waals surface area contributed by atoms with E-state index in [9.17, 15) is 14.0 Å². The third-order valence-electron chi connectivity index (χ3n) is 6.01. The van der Waals surface area contributed by atoms with E-state index in [4.69, 9.17) is 4.42 Å². The predicted molar refractivity (Wildman–Crippen MR) is 120 cm³/mol. The molecule has 1 aliphatic rings. The van der Waals surface area contributed by atoms with Gasteiger partial charge >= 0.3 is 0 Å². The van der Waals surface area contributed by atoms with Crippen molar-refractivity contribution in [3.63, 3.8) is 0 Å². The van der Waals surface area contributed by atoms with Crippen molar-refractivity contribution in [1.82, 2.24) is 19.8 Å². The number of nitrogens with zero attached hydrogens (tertiary/aromatic N) is 4. The van der Waals surface area contributed by atoms with Crippen molar-refractivity contribution in [2.45, 2.75) is 26.8 Å². The molecule has 1 N–H and O–H groups in total. The third-order valence-corrected chi connectivity index (χ3v) is 6.01.